The van der Waals surface area contributed by atoms with Crippen LogP contribution in [-0.2, 0) is 25.4 Å². The van der Waals surface area contributed by atoms with Gasteiger partial charge in [0, 0.05) is 65.7 Å². The minimum Gasteiger partial charge on any atom is -0.827 e. The molecule has 0 saturated carbocycles. The zero-order valence-corrected chi connectivity index (χ0v) is 28.3. The van der Waals surface area contributed by atoms with Crippen LogP contribution in [0.25, 0.3) is 0 Å². The highest BCUT2D eigenvalue weighted by atomic mass is 16.6. The Kier molecular flexibility index (Phi) is 14.9. The molecule has 1 aliphatic heterocycles. The standard InChI is InChI=1S/C31H59N5O8/c1-33(21-28(37)41-5)13-14-34(2,22-29(38)42-6)17-18-36(4,24-31(40)44-8)27(19-25-9-11-26(32)12-10-25)20-35(3,16-15-33)23-30(39)43-7/h9-12,27-31H,13-24,32H2,1-8H3. The van der Waals surface area contributed by atoms with Crippen LogP contribution < -0.4 is 26.2 Å². The third-order valence-corrected chi connectivity index (χ3v) is 9.88. The molecule has 0 aliphatic carbocycles. The van der Waals surface area contributed by atoms with Crippen molar-refractivity contribution in [3.8, 4) is 0 Å². The SMILES string of the molecule is COC([O-])C[N+]1(C)CC[N+](C)(CC([O-])OC)CC[N+](C)(CC([O-])OC)C(Cc2ccc(N)cc2)C[N+](C)(CC([O-])OC)CC1. The number of nitrogen functional groups attached to an aromatic ring is 1. The first kappa shape index (κ1) is 38.7. The van der Waals surface area contributed by atoms with E-state index >= 15 is 0 Å². The summed E-state index contributed by atoms with van der Waals surface area (Å²) >= 11 is 0. The number of anilines is 1. The third-order valence-electron chi connectivity index (χ3n) is 9.88. The molecule has 0 spiro atoms. The highest BCUT2D eigenvalue weighted by molar-refractivity contribution is 5.39. The van der Waals surface area contributed by atoms with E-state index in [0.717, 1.165) is 5.56 Å². The number of likely N-dealkylation sites (N-methyl/N-ethyl adjacent to an activating group) is 4. The van der Waals surface area contributed by atoms with Crippen LogP contribution in [0.5, 0.6) is 0 Å². The smallest absolute Gasteiger partial charge is 0.143 e. The van der Waals surface area contributed by atoms with Gasteiger partial charge >= 0.3 is 0 Å². The minimum absolute atomic E-state index is 0.0948. The van der Waals surface area contributed by atoms with Crippen LogP contribution in [0.4, 0.5) is 5.69 Å². The fourth-order valence-corrected chi connectivity index (χ4v) is 6.34. The van der Waals surface area contributed by atoms with E-state index in [1.165, 1.54) is 28.4 Å². The van der Waals surface area contributed by atoms with Gasteiger partial charge < -0.3 is 63.0 Å². The Balaban J connectivity index is 2.68. The Morgan fingerprint density at radius 1 is 0.614 bits per heavy atom. The third kappa shape index (κ3) is 12.0. The van der Waals surface area contributed by atoms with Crippen LogP contribution in [0.2, 0.25) is 0 Å². The van der Waals surface area contributed by atoms with Crippen LogP contribution >= 0.6 is 0 Å². The maximum absolute atomic E-state index is 13.0. The predicted molar refractivity (Wildman–Crippen MR) is 160 cm³/mol. The second-order valence-corrected chi connectivity index (χ2v) is 13.9. The number of ether oxygens (including phenoxy) is 4. The van der Waals surface area contributed by atoms with Crippen molar-refractivity contribution in [1.29, 1.82) is 0 Å². The summed E-state index contributed by atoms with van der Waals surface area (Å²) in [5.74, 6) is 0. The molecule has 1 aromatic carbocycles. The summed E-state index contributed by atoms with van der Waals surface area (Å²) in [7, 11) is 14.0. The maximum atomic E-state index is 13.0. The molecule has 13 heteroatoms. The Morgan fingerprint density at radius 3 is 1.41 bits per heavy atom. The molecular weight excluding hydrogens is 570 g/mol. The average Bonchev–Trinajstić information content (AvgIpc) is 2.98. The molecule has 2 rings (SSSR count). The van der Waals surface area contributed by atoms with Crippen LogP contribution in [0.1, 0.15) is 5.56 Å². The van der Waals surface area contributed by atoms with E-state index in [0.29, 0.717) is 75.9 Å². The second-order valence-electron chi connectivity index (χ2n) is 13.9. The molecule has 1 aromatic rings. The lowest BCUT2D eigenvalue weighted by Crippen LogP contribution is -2.71. The van der Waals surface area contributed by atoms with Crippen molar-refractivity contribution in [3.63, 3.8) is 0 Å². The summed E-state index contributed by atoms with van der Waals surface area (Å²) in [6, 6.07) is 7.66. The van der Waals surface area contributed by atoms with Crippen molar-refractivity contribution in [1.82, 2.24) is 0 Å². The lowest BCUT2D eigenvalue weighted by Gasteiger charge is -2.52. The molecule has 2 N–H and O–H groups in total. The van der Waals surface area contributed by atoms with Crippen molar-refractivity contribution in [2.45, 2.75) is 37.6 Å². The van der Waals surface area contributed by atoms with E-state index in [4.69, 9.17) is 24.7 Å². The molecule has 44 heavy (non-hydrogen) atoms. The Bertz CT molecular complexity index is 979. The van der Waals surface area contributed by atoms with Gasteiger partial charge in [0.2, 0.25) is 0 Å². The number of rotatable bonds is 14. The van der Waals surface area contributed by atoms with Gasteiger partial charge in [-0.2, -0.15) is 0 Å². The number of methoxy groups -OCH3 is 4. The van der Waals surface area contributed by atoms with Gasteiger partial charge in [0.05, 0.1) is 54.4 Å². The van der Waals surface area contributed by atoms with Gasteiger partial charge in [0.1, 0.15) is 51.9 Å². The first-order chi connectivity index (χ1) is 20.5. The highest BCUT2D eigenvalue weighted by Crippen LogP contribution is 2.25. The number of nitrogens with two attached hydrogens (primary N) is 1. The van der Waals surface area contributed by atoms with Gasteiger partial charge in [0.25, 0.3) is 0 Å². The Morgan fingerprint density at radius 2 is 0.977 bits per heavy atom. The molecule has 0 amide bonds. The van der Waals surface area contributed by atoms with E-state index in [2.05, 4.69) is 21.1 Å². The molecule has 9 atom stereocenters. The van der Waals surface area contributed by atoms with Crippen molar-refractivity contribution >= 4 is 5.69 Å². The summed E-state index contributed by atoms with van der Waals surface area (Å²) in [5.41, 5.74) is 7.73. The molecule has 1 fully saturated rings. The molecular formula is C31H59N5O8. The summed E-state index contributed by atoms with van der Waals surface area (Å²) < 4.78 is 22.4. The van der Waals surface area contributed by atoms with Crippen LogP contribution in [0, 0.1) is 0 Å². The molecule has 0 radical (unpaired) electrons. The Hall–Kier alpha value is -1.46. The molecule has 0 bridgehead atoms. The van der Waals surface area contributed by atoms with Crippen molar-refractivity contribution in [3.05, 3.63) is 29.8 Å². The fourth-order valence-electron chi connectivity index (χ4n) is 6.34. The zero-order valence-electron chi connectivity index (χ0n) is 28.3. The number of nitrogens with zero attached hydrogens (tertiary/aromatic N) is 4. The van der Waals surface area contributed by atoms with E-state index in [1.807, 2.05) is 31.3 Å². The monoisotopic (exact) mass is 629 g/mol. The topological polar surface area (TPSA) is 155 Å². The van der Waals surface area contributed by atoms with Gasteiger partial charge in [-0.1, -0.05) is 12.1 Å². The van der Waals surface area contributed by atoms with Gasteiger partial charge in [-0.3, -0.25) is 0 Å². The van der Waals surface area contributed by atoms with Crippen LogP contribution in [0.3, 0.4) is 0 Å². The summed E-state index contributed by atoms with van der Waals surface area (Å²) in [6.45, 7) is 5.17. The lowest BCUT2D eigenvalue weighted by atomic mass is 9.99. The molecule has 0 aromatic heterocycles. The minimum atomic E-state index is -1.25. The van der Waals surface area contributed by atoms with Crippen molar-refractivity contribution < 1.29 is 57.3 Å². The number of hydrogen-bond donors (Lipinski definition) is 1. The normalized spacial score (nSPS) is 33.5. The molecule has 1 aliphatic rings. The summed E-state index contributed by atoms with van der Waals surface area (Å²) in [6.07, 6.45) is -4.26. The molecule has 9 unspecified atom stereocenters. The Labute approximate surface area is 264 Å². The molecule has 1 heterocycles. The summed E-state index contributed by atoms with van der Waals surface area (Å²) in [5, 5.41) is 51.3. The first-order valence-corrected chi connectivity index (χ1v) is 15.5. The number of benzene rings is 1. The van der Waals surface area contributed by atoms with Crippen molar-refractivity contribution in [2.24, 2.45) is 0 Å². The van der Waals surface area contributed by atoms with Crippen molar-refractivity contribution in [2.75, 3.05) is 134 Å². The van der Waals surface area contributed by atoms with Gasteiger partial charge in [-0.25, -0.2) is 0 Å². The summed E-state index contributed by atoms with van der Waals surface area (Å²) in [4.78, 5) is 0. The second kappa shape index (κ2) is 16.9. The van der Waals surface area contributed by atoms with Crippen LogP contribution in [0.15, 0.2) is 24.3 Å². The fraction of sp³-hybridized carbons (Fsp3) is 0.806. The predicted octanol–water partition coefficient (Wildman–Crippen LogP) is -3.69. The van der Waals surface area contributed by atoms with E-state index in [-0.39, 0.29) is 32.2 Å². The van der Waals surface area contributed by atoms with E-state index in [1.54, 1.807) is 0 Å². The number of quaternary nitrogens is 4. The zero-order chi connectivity index (χ0) is 33.2. The van der Waals surface area contributed by atoms with Crippen LogP contribution in [-0.4, -0.2) is 178 Å². The highest BCUT2D eigenvalue weighted by Gasteiger charge is 2.44. The maximum Gasteiger partial charge on any atom is 0.143 e. The first-order valence-electron chi connectivity index (χ1n) is 15.5. The molecule has 256 valence electrons. The molecule has 1 saturated heterocycles. The lowest BCUT2D eigenvalue weighted by molar-refractivity contribution is -1.03. The largest absolute Gasteiger partial charge is 0.827 e. The number of hydrogen-bond acceptors (Lipinski definition) is 9. The average molecular weight is 630 g/mol. The molecule has 13 nitrogen and oxygen atoms in total. The quantitative estimate of drug-likeness (QED) is 0.124. The van der Waals surface area contributed by atoms with E-state index in [9.17, 15) is 20.4 Å². The van der Waals surface area contributed by atoms with Gasteiger partial charge in [0.15, 0.2) is 0 Å². The van der Waals surface area contributed by atoms with E-state index < -0.39 is 25.2 Å². The van der Waals surface area contributed by atoms with Gasteiger partial charge in [-0.15, -0.1) is 0 Å². The van der Waals surface area contributed by atoms with Gasteiger partial charge in [-0.05, 0) is 17.7 Å².